The van der Waals surface area contributed by atoms with Gasteiger partial charge in [-0.05, 0) is 31.0 Å². The first-order valence-electron chi connectivity index (χ1n) is 6.08. The van der Waals surface area contributed by atoms with E-state index < -0.39 is 5.54 Å². The fourth-order valence-electron chi connectivity index (χ4n) is 1.36. The third-order valence-corrected chi connectivity index (χ3v) is 3.83. The predicted octanol–water partition coefficient (Wildman–Crippen LogP) is 3.54. The number of hydrogen-bond acceptors (Lipinski definition) is 3. The molecule has 1 rings (SSSR count). The van der Waals surface area contributed by atoms with Crippen molar-refractivity contribution < 1.29 is 9.53 Å². The molecule has 0 spiro atoms. The van der Waals surface area contributed by atoms with E-state index in [2.05, 4.69) is 27.3 Å². The molecule has 0 heterocycles. The highest BCUT2D eigenvalue weighted by atomic mass is 79.9. The van der Waals surface area contributed by atoms with Crippen LogP contribution in [0.25, 0.3) is 0 Å². The van der Waals surface area contributed by atoms with Crippen LogP contribution in [0.4, 0.5) is 0 Å². The molecule has 0 aliphatic rings. The SMILES string of the molecule is CC(C)[C@@](C)(C#N)NC(=O)COc1ccc(Br)cc1Cl. The highest BCUT2D eigenvalue weighted by Gasteiger charge is 2.30. The molecule has 1 N–H and O–H groups in total. The molecule has 0 bridgehead atoms. The second-order valence-electron chi connectivity index (χ2n) is 4.88. The summed E-state index contributed by atoms with van der Waals surface area (Å²) >= 11 is 9.27. The Labute approximate surface area is 132 Å². The number of halogens is 2. The summed E-state index contributed by atoms with van der Waals surface area (Å²) in [6.45, 7) is 5.24. The molecule has 108 valence electrons. The number of nitrogens with one attached hydrogen (secondary N) is 1. The second kappa shape index (κ2) is 6.96. The Kier molecular flexibility index (Phi) is 5.85. The summed E-state index contributed by atoms with van der Waals surface area (Å²) in [6, 6.07) is 7.23. The highest BCUT2D eigenvalue weighted by molar-refractivity contribution is 9.10. The molecule has 4 nitrogen and oxygen atoms in total. The zero-order valence-electron chi connectivity index (χ0n) is 11.5. The molecule has 0 saturated heterocycles. The normalized spacial score (nSPS) is 13.4. The van der Waals surface area contributed by atoms with Crippen LogP contribution < -0.4 is 10.1 Å². The number of nitriles is 1. The molecule has 20 heavy (non-hydrogen) atoms. The molecule has 0 aromatic heterocycles. The fourth-order valence-corrected chi connectivity index (χ4v) is 2.09. The third-order valence-electron chi connectivity index (χ3n) is 3.04. The van der Waals surface area contributed by atoms with E-state index in [1.165, 1.54) is 0 Å². The summed E-state index contributed by atoms with van der Waals surface area (Å²) in [6.07, 6.45) is 0. The van der Waals surface area contributed by atoms with Crippen molar-refractivity contribution in [2.75, 3.05) is 6.61 Å². The van der Waals surface area contributed by atoms with Crippen LogP contribution in [0.3, 0.4) is 0 Å². The van der Waals surface area contributed by atoms with E-state index in [9.17, 15) is 4.79 Å². The smallest absolute Gasteiger partial charge is 0.259 e. The molecule has 0 aliphatic carbocycles. The summed E-state index contributed by atoms with van der Waals surface area (Å²) in [4.78, 5) is 11.8. The van der Waals surface area contributed by atoms with Crippen molar-refractivity contribution in [3.63, 3.8) is 0 Å². The lowest BCUT2D eigenvalue weighted by Crippen LogP contribution is -2.50. The number of rotatable bonds is 5. The van der Waals surface area contributed by atoms with E-state index >= 15 is 0 Å². The number of ether oxygens (including phenoxy) is 1. The van der Waals surface area contributed by atoms with Crippen LogP contribution in [-0.4, -0.2) is 18.1 Å². The Morgan fingerprint density at radius 3 is 2.75 bits per heavy atom. The van der Waals surface area contributed by atoms with Gasteiger partial charge in [0.05, 0.1) is 11.1 Å². The Morgan fingerprint density at radius 1 is 1.60 bits per heavy atom. The van der Waals surface area contributed by atoms with Crippen LogP contribution in [0.15, 0.2) is 22.7 Å². The number of nitrogens with zero attached hydrogens (tertiary/aromatic N) is 1. The molecular weight excluding hydrogens is 344 g/mol. The van der Waals surface area contributed by atoms with Gasteiger partial charge < -0.3 is 10.1 Å². The van der Waals surface area contributed by atoms with Gasteiger partial charge in [-0.1, -0.05) is 41.4 Å². The molecule has 1 aromatic rings. The topological polar surface area (TPSA) is 62.1 Å². The number of benzene rings is 1. The summed E-state index contributed by atoms with van der Waals surface area (Å²) < 4.78 is 6.18. The van der Waals surface area contributed by atoms with Crippen molar-refractivity contribution in [3.05, 3.63) is 27.7 Å². The van der Waals surface area contributed by atoms with Crippen molar-refractivity contribution in [1.29, 1.82) is 5.26 Å². The summed E-state index contributed by atoms with van der Waals surface area (Å²) in [7, 11) is 0. The Hall–Kier alpha value is -1.25. The zero-order valence-corrected chi connectivity index (χ0v) is 13.9. The molecule has 0 radical (unpaired) electrons. The van der Waals surface area contributed by atoms with Crippen LogP contribution in [0.5, 0.6) is 5.75 Å². The van der Waals surface area contributed by atoms with E-state index in [4.69, 9.17) is 21.6 Å². The van der Waals surface area contributed by atoms with E-state index in [1.54, 1.807) is 25.1 Å². The van der Waals surface area contributed by atoms with E-state index in [1.807, 2.05) is 13.8 Å². The minimum Gasteiger partial charge on any atom is -0.482 e. The van der Waals surface area contributed by atoms with Crippen LogP contribution in [-0.2, 0) is 4.79 Å². The summed E-state index contributed by atoms with van der Waals surface area (Å²) in [5.74, 6) is 0.0580. The zero-order chi connectivity index (χ0) is 15.3. The van der Waals surface area contributed by atoms with E-state index in [0.717, 1.165) is 4.47 Å². The molecule has 1 amide bonds. The quantitative estimate of drug-likeness (QED) is 0.874. The fraction of sp³-hybridized carbons (Fsp3) is 0.429. The van der Waals surface area contributed by atoms with Crippen molar-refractivity contribution in [2.24, 2.45) is 5.92 Å². The van der Waals surface area contributed by atoms with Crippen molar-refractivity contribution >= 4 is 33.4 Å². The molecule has 0 fully saturated rings. The number of carbonyl (C=O) groups excluding carboxylic acids is 1. The summed E-state index contributed by atoms with van der Waals surface area (Å²) in [5, 5.41) is 12.2. The van der Waals surface area contributed by atoms with Gasteiger partial charge in [-0.15, -0.1) is 0 Å². The van der Waals surface area contributed by atoms with Gasteiger partial charge in [-0.3, -0.25) is 4.79 Å². The van der Waals surface area contributed by atoms with Gasteiger partial charge in [0.1, 0.15) is 11.3 Å². The van der Waals surface area contributed by atoms with Gasteiger partial charge >= 0.3 is 0 Å². The lowest BCUT2D eigenvalue weighted by molar-refractivity contribution is -0.124. The molecule has 0 saturated carbocycles. The largest absolute Gasteiger partial charge is 0.482 e. The molecule has 1 aromatic carbocycles. The maximum atomic E-state index is 11.8. The molecule has 1 atom stereocenters. The van der Waals surface area contributed by atoms with Gasteiger partial charge in [0.15, 0.2) is 6.61 Å². The van der Waals surface area contributed by atoms with E-state index in [0.29, 0.717) is 10.8 Å². The minimum absolute atomic E-state index is 0.00674. The highest BCUT2D eigenvalue weighted by Crippen LogP contribution is 2.27. The van der Waals surface area contributed by atoms with Crippen LogP contribution in [0.1, 0.15) is 20.8 Å². The second-order valence-corrected chi connectivity index (χ2v) is 6.20. The van der Waals surface area contributed by atoms with Gasteiger partial charge in [0, 0.05) is 4.47 Å². The first-order valence-corrected chi connectivity index (χ1v) is 7.25. The molecule has 0 aliphatic heterocycles. The molecule has 6 heteroatoms. The first-order chi connectivity index (χ1) is 9.28. The van der Waals surface area contributed by atoms with E-state index in [-0.39, 0.29) is 18.4 Å². The third kappa shape index (κ3) is 4.39. The lowest BCUT2D eigenvalue weighted by Gasteiger charge is -2.27. The van der Waals surface area contributed by atoms with Gasteiger partial charge in [0.25, 0.3) is 5.91 Å². The van der Waals surface area contributed by atoms with Crippen molar-refractivity contribution in [3.8, 4) is 11.8 Å². The Bertz CT molecular complexity index is 542. The van der Waals surface area contributed by atoms with Crippen molar-refractivity contribution in [1.82, 2.24) is 5.32 Å². The van der Waals surface area contributed by atoms with Gasteiger partial charge in [-0.2, -0.15) is 5.26 Å². The van der Waals surface area contributed by atoms with Crippen LogP contribution in [0.2, 0.25) is 5.02 Å². The Balaban J connectivity index is 2.62. The average molecular weight is 360 g/mol. The first kappa shape index (κ1) is 16.8. The van der Waals surface area contributed by atoms with Crippen molar-refractivity contribution in [2.45, 2.75) is 26.3 Å². The predicted molar refractivity (Wildman–Crippen MR) is 81.6 cm³/mol. The number of carbonyl (C=O) groups is 1. The molecule has 0 unspecified atom stereocenters. The molecular formula is C14H16BrClN2O2. The lowest BCUT2D eigenvalue weighted by atomic mass is 9.90. The Morgan fingerprint density at radius 2 is 2.25 bits per heavy atom. The minimum atomic E-state index is -0.913. The van der Waals surface area contributed by atoms with Crippen LogP contribution >= 0.6 is 27.5 Å². The average Bonchev–Trinajstić information content (AvgIpc) is 2.37. The van der Waals surface area contributed by atoms with Crippen LogP contribution in [0, 0.1) is 17.2 Å². The van der Waals surface area contributed by atoms with Gasteiger partial charge in [0.2, 0.25) is 0 Å². The monoisotopic (exact) mass is 358 g/mol. The van der Waals surface area contributed by atoms with Gasteiger partial charge in [-0.25, -0.2) is 0 Å². The number of amides is 1. The maximum absolute atomic E-state index is 11.8. The standard InChI is InChI=1S/C14H16BrClN2O2/c1-9(2)14(3,8-17)18-13(19)7-20-12-5-4-10(15)6-11(12)16/h4-6,9H,7H2,1-3H3,(H,18,19)/t14-/m1/s1. The summed E-state index contributed by atoms with van der Waals surface area (Å²) in [5.41, 5.74) is -0.913. The maximum Gasteiger partial charge on any atom is 0.259 e. The number of hydrogen-bond donors (Lipinski definition) is 1.